The van der Waals surface area contributed by atoms with Crippen LogP contribution >= 0.6 is 0 Å². The molecule has 0 atom stereocenters. The first-order valence-electron chi connectivity index (χ1n) is 8.17. The molecule has 6 nitrogen and oxygen atoms in total. The lowest BCUT2D eigenvalue weighted by molar-refractivity contribution is -0.120. The molecule has 1 saturated heterocycles. The molecule has 1 aliphatic heterocycles. The van der Waals surface area contributed by atoms with Crippen LogP contribution in [0.25, 0.3) is 6.08 Å². The number of pyridine rings is 1. The Balaban J connectivity index is 1.50. The molecule has 0 spiro atoms. The highest BCUT2D eigenvalue weighted by Crippen LogP contribution is 2.16. The molecule has 1 aliphatic rings. The van der Waals surface area contributed by atoms with Crippen molar-refractivity contribution in [3.8, 4) is 0 Å². The second-order valence-corrected chi connectivity index (χ2v) is 5.78. The van der Waals surface area contributed by atoms with Gasteiger partial charge in [-0.2, -0.15) is 0 Å². The van der Waals surface area contributed by atoms with Gasteiger partial charge in [-0.3, -0.25) is 14.6 Å². The molecule has 1 aromatic carbocycles. The first kappa shape index (κ1) is 16.7. The summed E-state index contributed by atoms with van der Waals surface area (Å²) in [6, 6.07) is 11.6. The Morgan fingerprint density at radius 2 is 2.12 bits per heavy atom. The normalized spacial score (nSPS) is 14.4. The Kier molecular flexibility index (Phi) is 5.41. The van der Waals surface area contributed by atoms with E-state index < -0.39 is 0 Å². The van der Waals surface area contributed by atoms with Crippen molar-refractivity contribution in [2.24, 2.45) is 0 Å². The first-order valence-corrected chi connectivity index (χ1v) is 8.17. The van der Waals surface area contributed by atoms with Crippen LogP contribution in [0.5, 0.6) is 0 Å². The van der Waals surface area contributed by atoms with E-state index in [2.05, 4.69) is 15.6 Å². The van der Waals surface area contributed by atoms with Gasteiger partial charge in [0.1, 0.15) is 0 Å². The Morgan fingerprint density at radius 3 is 2.84 bits per heavy atom. The molecular weight excluding hydrogens is 316 g/mol. The Morgan fingerprint density at radius 1 is 1.28 bits per heavy atom. The number of piperazine rings is 1. The Hall–Kier alpha value is -3.15. The topological polar surface area (TPSA) is 74.3 Å². The van der Waals surface area contributed by atoms with Crippen LogP contribution in [0.1, 0.15) is 11.1 Å². The van der Waals surface area contributed by atoms with Gasteiger partial charge in [0.25, 0.3) is 0 Å². The minimum absolute atomic E-state index is 0.0444. The fraction of sp³-hybridized carbons (Fsp3) is 0.211. The molecule has 1 aromatic heterocycles. The summed E-state index contributed by atoms with van der Waals surface area (Å²) in [5.41, 5.74) is 2.90. The van der Waals surface area contributed by atoms with Crippen LogP contribution in [0.2, 0.25) is 0 Å². The number of carbonyl (C=O) groups excluding carboxylic acids is 2. The lowest BCUT2D eigenvalue weighted by Crippen LogP contribution is -2.47. The van der Waals surface area contributed by atoms with Crippen LogP contribution < -0.4 is 15.5 Å². The minimum Gasteiger partial charge on any atom is -0.360 e. The maximum absolute atomic E-state index is 11.9. The molecule has 0 radical (unpaired) electrons. The van der Waals surface area contributed by atoms with Crippen molar-refractivity contribution in [3.63, 3.8) is 0 Å². The molecule has 1 fully saturated rings. The smallest absolute Gasteiger partial charge is 0.244 e. The summed E-state index contributed by atoms with van der Waals surface area (Å²) < 4.78 is 0. The van der Waals surface area contributed by atoms with Crippen LogP contribution in [0.3, 0.4) is 0 Å². The second kappa shape index (κ2) is 8.10. The van der Waals surface area contributed by atoms with E-state index >= 15 is 0 Å². The number of benzene rings is 1. The molecule has 2 aromatic rings. The summed E-state index contributed by atoms with van der Waals surface area (Å²) >= 11 is 0. The molecule has 2 heterocycles. The SMILES string of the molecule is O=C(C=Cc1cccnc1)NCc1ccc(N2CCNC(=O)C2)cc1. The molecule has 2 amide bonds. The molecule has 0 aliphatic carbocycles. The average Bonchev–Trinajstić information content (AvgIpc) is 2.66. The standard InChI is InChI=1S/C19H20N4O2/c24-18(8-5-15-2-1-9-20-12-15)22-13-16-3-6-17(7-4-16)23-11-10-21-19(25)14-23/h1-9,12H,10-11,13-14H2,(H,21,25)(H,22,24). The Labute approximate surface area is 146 Å². The van der Waals surface area contributed by atoms with Gasteiger partial charge in [0.05, 0.1) is 6.54 Å². The van der Waals surface area contributed by atoms with E-state index in [-0.39, 0.29) is 11.8 Å². The van der Waals surface area contributed by atoms with Gasteiger partial charge < -0.3 is 15.5 Å². The van der Waals surface area contributed by atoms with Gasteiger partial charge in [0.15, 0.2) is 0 Å². The van der Waals surface area contributed by atoms with Crippen LogP contribution in [0, 0.1) is 0 Å². The number of nitrogens with one attached hydrogen (secondary N) is 2. The highest BCUT2D eigenvalue weighted by Gasteiger charge is 2.16. The van der Waals surface area contributed by atoms with Gasteiger partial charge in [-0.15, -0.1) is 0 Å². The van der Waals surface area contributed by atoms with Crippen molar-refractivity contribution in [3.05, 3.63) is 66.0 Å². The summed E-state index contributed by atoms with van der Waals surface area (Å²) in [4.78, 5) is 29.3. The lowest BCUT2D eigenvalue weighted by Gasteiger charge is -2.28. The zero-order valence-electron chi connectivity index (χ0n) is 13.8. The maximum Gasteiger partial charge on any atom is 0.244 e. The van der Waals surface area contributed by atoms with E-state index in [0.717, 1.165) is 23.4 Å². The molecular formula is C19H20N4O2. The molecule has 0 unspecified atom stereocenters. The van der Waals surface area contributed by atoms with E-state index in [0.29, 0.717) is 19.6 Å². The zero-order chi connectivity index (χ0) is 17.5. The lowest BCUT2D eigenvalue weighted by atomic mass is 10.2. The maximum atomic E-state index is 11.9. The number of hydrogen-bond acceptors (Lipinski definition) is 4. The number of aromatic nitrogens is 1. The van der Waals surface area contributed by atoms with Crippen molar-refractivity contribution < 1.29 is 9.59 Å². The predicted octanol–water partition coefficient (Wildman–Crippen LogP) is 1.35. The third-order valence-electron chi connectivity index (χ3n) is 3.92. The van der Waals surface area contributed by atoms with E-state index in [1.807, 2.05) is 41.3 Å². The van der Waals surface area contributed by atoms with Gasteiger partial charge in [-0.05, 0) is 35.4 Å². The number of nitrogens with zero attached hydrogens (tertiary/aromatic N) is 2. The average molecular weight is 336 g/mol. The van der Waals surface area contributed by atoms with Crippen molar-refractivity contribution >= 4 is 23.6 Å². The molecule has 0 bridgehead atoms. The number of amides is 2. The monoisotopic (exact) mass is 336 g/mol. The van der Waals surface area contributed by atoms with E-state index in [4.69, 9.17) is 0 Å². The van der Waals surface area contributed by atoms with Crippen LogP contribution in [0.4, 0.5) is 5.69 Å². The third kappa shape index (κ3) is 4.91. The summed E-state index contributed by atoms with van der Waals surface area (Å²) in [6.07, 6.45) is 6.62. The molecule has 25 heavy (non-hydrogen) atoms. The van der Waals surface area contributed by atoms with Gasteiger partial charge in [-0.25, -0.2) is 0 Å². The Bertz CT molecular complexity index is 757. The van der Waals surface area contributed by atoms with E-state index in [9.17, 15) is 9.59 Å². The van der Waals surface area contributed by atoms with Crippen LogP contribution in [-0.4, -0.2) is 36.4 Å². The van der Waals surface area contributed by atoms with Crippen molar-refractivity contribution in [1.29, 1.82) is 0 Å². The number of anilines is 1. The highest BCUT2D eigenvalue weighted by atomic mass is 16.2. The van der Waals surface area contributed by atoms with Crippen LogP contribution in [-0.2, 0) is 16.1 Å². The van der Waals surface area contributed by atoms with Gasteiger partial charge in [-0.1, -0.05) is 18.2 Å². The highest BCUT2D eigenvalue weighted by molar-refractivity contribution is 5.91. The first-order chi connectivity index (χ1) is 12.2. The third-order valence-corrected chi connectivity index (χ3v) is 3.92. The summed E-state index contributed by atoms with van der Waals surface area (Å²) in [5.74, 6) is -0.108. The summed E-state index contributed by atoms with van der Waals surface area (Å²) in [5, 5.41) is 5.66. The number of carbonyl (C=O) groups is 2. The van der Waals surface area contributed by atoms with Crippen molar-refractivity contribution in [2.75, 3.05) is 24.5 Å². The molecule has 2 N–H and O–H groups in total. The molecule has 0 saturated carbocycles. The largest absolute Gasteiger partial charge is 0.360 e. The van der Waals surface area contributed by atoms with Crippen molar-refractivity contribution in [1.82, 2.24) is 15.6 Å². The molecule has 6 heteroatoms. The number of hydrogen-bond donors (Lipinski definition) is 2. The predicted molar refractivity (Wildman–Crippen MR) is 96.8 cm³/mol. The quantitative estimate of drug-likeness (QED) is 0.808. The second-order valence-electron chi connectivity index (χ2n) is 5.78. The molecule has 3 rings (SSSR count). The van der Waals surface area contributed by atoms with Crippen LogP contribution in [0.15, 0.2) is 54.9 Å². The minimum atomic E-state index is -0.152. The summed E-state index contributed by atoms with van der Waals surface area (Å²) in [6.45, 7) is 2.31. The number of rotatable bonds is 5. The van der Waals surface area contributed by atoms with Gasteiger partial charge in [0.2, 0.25) is 11.8 Å². The van der Waals surface area contributed by atoms with Gasteiger partial charge >= 0.3 is 0 Å². The fourth-order valence-electron chi connectivity index (χ4n) is 2.58. The fourth-order valence-corrected chi connectivity index (χ4v) is 2.58. The van der Waals surface area contributed by atoms with E-state index in [1.54, 1.807) is 18.5 Å². The molecule has 128 valence electrons. The zero-order valence-corrected chi connectivity index (χ0v) is 13.8. The van der Waals surface area contributed by atoms with Gasteiger partial charge in [0, 0.05) is 43.8 Å². The van der Waals surface area contributed by atoms with Crippen molar-refractivity contribution in [2.45, 2.75) is 6.54 Å². The summed E-state index contributed by atoms with van der Waals surface area (Å²) in [7, 11) is 0. The van der Waals surface area contributed by atoms with E-state index in [1.165, 1.54) is 6.08 Å².